The Balaban J connectivity index is 1.29. The standard InChI is InChI=1S/C39H43ClN4O5/c1-27-31(8-5-9-33(27)34-10-6-11-36(28(34)2)47-17-7-16-44-14-3-4-15-44)26-49-38-20-37(48-25-30-18-29(21-41)22-43-23-30)32(19-35(38)40)24-42-13-12-39(45)46/h5-6,8-11,18-20,22-23,42H,3-4,7,12-17,24-26H2,1-2H3,(H,45,46). The minimum atomic E-state index is -0.880. The van der Waals surface area contributed by atoms with Crippen LogP contribution in [0.25, 0.3) is 11.1 Å². The number of rotatable bonds is 17. The first-order valence-corrected chi connectivity index (χ1v) is 17.1. The van der Waals surface area contributed by atoms with Gasteiger partial charge in [-0.2, -0.15) is 5.26 Å². The third-order valence-corrected chi connectivity index (χ3v) is 9.04. The molecule has 1 aromatic heterocycles. The largest absolute Gasteiger partial charge is 0.493 e. The summed E-state index contributed by atoms with van der Waals surface area (Å²) in [7, 11) is 0. The Hall–Kier alpha value is -4.62. The lowest BCUT2D eigenvalue weighted by Crippen LogP contribution is -2.22. The average Bonchev–Trinajstić information content (AvgIpc) is 3.63. The van der Waals surface area contributed by atoms with E-state index < -0.39 is 5.97 Å². The monoisotopic (exact) mass is 682 g/mol. The van der Waals surface area contributed by atoms with Crippen LogP contribution in [0.1, 0.15) is 59.1 Å². The molecule has 0 amide bonds. The predicted octanol–water partition coefficient (Wildman–Crippen LogP) is 7.48. The van der Waals surface area contributed by atoms with Crippen LogP contribution >= 0.6 is 11.6 Å². The highest BCUT2D eigenvalue weighted by Gasteiger charge is 2.16. The highest BCUT2D eigenvalue weighted by molar-refractivity contribution is 6.32. The lowest BCUT2D eigenvalue weighted by Gasteiger charge is -2.18. The predicted molar refractivity (Wildman–Crippen MR) is 190 cm³/mol. The van der Waals surface area contributed by atoms with Crippen LogP contribution in [0.4, 0.5) is 0 Å². The van der Waals surface area contributed by atoms with Crippen molar-refractivity contribution in [2.24, 2.45) is 0 Å². The smallest absolute Gasteiger partial charge is 0.304 e. The number of aromatic nitrogens is 1. The quantitative estimate of drug-likeness (QED) is 0.109. The summed E-state index contributed by atoms with van der Waals surface area (Å²) < 4.78 is 18.7. The molecule has 0 radical (unpaired) electrons. The number of hydrogen-bond donors (Lipinski definition) is 2. The second kappa shape index (κ2) is 17.7. The number of halogens is 1. The second-order valence-corrected chi connectivity index (χ2v) is 12.7. The van der Waals surface area contributed by atoms with Gasteiger partial charge in [0.05, 0.1) is 23.6 Å². The fourth-order valence-electron chi connectivity index (χ4n) is 5.99. The van der Waals surface area contributed by atoms with E-state index in [4.69, 9.17) is 30.9 Å². The van der Waals surface area contributed by atoms with Crippen molar-refractivity contribution in [3.05, 3.63) is 105 Å². The molecule has 256 valence electrons. The molecule has 1 aliphatic rings. The minimum absolute atomic E-state index is 0.00808. The van der Waals surface area contributed by atoms with E-state index in [9.17, 15) is 10.1 Å². The van der Waals surface area contributed by atoms with Crippen LogP contribution in [0.5, 0.6) is 17.2 Å². The summed E-state index contributed by atoms with van der Waals surface area (Å²) in [5.41, 5.74) is 7.40. The molecule has 0 unspecified atom stereocenters. The van der Waals surface area contributed by atoms with E-state index >= 15 is 0 Å². The maximum atomic E-state index is 11.0. The van der Waals surface area contributed by atoms with Crippen LogP contribution in [0.2, 0.25) is 5.02 Å². The van der Waals surface area contributed by atoms with Gasteiger partial charge in [0.25, 0.3) is 0 Å². The van der Waals surface area contributed by atoms with Gasteiger partial charge in [-0.3, -0.25) is 9.78 Å². The van der Waals surface area contributed by atoms with Gasteiger partial charge < -0.3 is 29.5 Å². The molecule has 49 heavy (non-hydrogen) atoms. The molecule has 4 aromatic rings. The summed E-state index contributed by atoms with van der Waals surface area (Å²) >= 11 is 6.72. The number of likely N-dealkylation sites (tertiary alicyclic amines) is 1. The van der Waals surface area contributed by atoms with Crippen LogP contribution in [0, 0.1) is 25.2 Å². The first-order valence-electron chi connectivity index (χ1n) is 16.7. The Morgan fingerprint density at radius 2 is 1.69 bits per heavy atom. The minimum Gasteiger partial charge on any atom is -0.493 e. The number of benzene rings is 3. The molecule has 2 heterocycles. The van der Waals surface area contributed by atoms with E-state index in [2.05, 4.69) is 47.3 Å². The number of pyridine rings is 1. The summed E-state index contributed by atoms with van der Waals surface area (Å²) in [6.45, 7) is 9.49. The van der Waals surface area contributed by atoms with Crippen LogP contribution in [-0.4, -0.2) is 53.7 Å². The fourth-order valence-corrected chi connectivity index (χ4v) is 6.23. The first-order chi connectivity index (χ1) is 23.8. The molecule has 1 fully saturated rings. The van der Waals surface area contributed by atoms with Gasteiger partial charge in [0.15, 0.2) is 0 Å². The number of hydrogen-bond acceptors (Lipinski definition) is 8. The van der Waals surface area contributed by atoms with Gasteiger partial charge in [-0.05, 0) is 92.2 Å². The summed E-state index contributed by atoms with van der Waals surface area (Å²) in [4.78, 5) is 17.6. The fraction of sp³-hybridized carbons (Fsp3) is 0.359. The second-order valence-electron chi connectivity index (χ2n) is 12.3. The highest BCUT2D eigenvalue weighted by atomic mass is 35.5. The van der Waals surface area contributed by atoms with Crippen LogP contribution in [0.3, 0.4) is 0 Å². The summed E-state index contributed by atoms with van der Waals surface area (Å²) in [5.74, 6) is 1.02. The number of carboxylic acids is 1. The summed E-state index contributed by atoms with van der Waals surface area (Å²) in [6.07, 6.45) is 6.75. The number of nitrogens with one attached hydrogen (secondary N) is 1. The van der Waals surface area contributed by atoms with Crippen LogP contribution in [0.15, 0.2) is 67.0 Å². The number of aliphatic carboxylic acids is 1. The molecule has 10 heteroatoms. The lowest BCUT2D eigenvalue weighted by molar-refractivity contribution is -0.136. The zero-order valence-electron chi connectivity index (χ0n) is 28.1. The SMILES string of the molecule is Cc1c(COc2cc(OCc3cncc(C#N)c3)c(CNCCC(=O)O)cc2Cl)cccc1-c1cccc(OCCCN2CCCC2)c1C. The van der Waals surface area contributed by atoms with Gasteiger partial charge in [0.1, 0.15) is 36.5 Å². The molecule has 0 aliphatic carbocycles. The average molecular weight is 683 g/mol. The number of carbonyl (C=O) groups is 1. The highest BCUT2D eigenvalue weighted by Crippen LogP contribution is 2.36. The van der Waals surface area contributed by atoms with Crippen molar-refractivity contribution in [2.75, 3.05) is 32.8 Å². The topological polar surface area (TPSA) is 117 Å². The molecular formula is C39H43ClN4O5. The van der Waals surface area contributed by atoms with Gasteiger partial charge in [-0.15, -0.1) is 0 Å². The molecule has 3 aromatic carbocycles. The Morgan fingerprint density at radius 1 is 0.939 bits per heavy atom. The number of nitrogens with zero attached hydrogens (tertiary/aromatic N) is 3. The molecular weight excluding hydrogens is 640 g/mol. The molecule has 0 atom stereocenters. The van der Waals surface area contributed by atoms with Crippen molar-refractivity contribution in [1.82, 2.24) is 15.2 Å². The first kappa shape index (κ1) is 35.7. The van der Waals surface area contributed by atoms with Crippen molar-refractivity contribution >= 4 is 17.6 Å². The lowest BCUT2D eigenvalue weighted by atomic mass is 9.93. The molecule has 0 spiro atoms. The van der Waals surface area contributed by atoms with E-state index in [1.54, 1.807) is 24.4 Å². The molecule has 0 saturated carbocycles. The third-order valence-electron chi connectivity index (χ3n) is 8.74. The number of ether oxygens (including phenoxy) is 3. The molecule has 9 nitrogen and oxygen atoms in total. The molecule has 5 rings (SSSR count). The van der Waals surface area contributed by atoms with Crippen LogP contribution < -0.4 is 19.5 Å². The Bertz CT molecular complexity index is 1780. The Morgan fingerprint density at radius 3 is 2.47 bits per heavy atom. The van der Waals surface area contributed by atoms with Gasteiger partial charge in [-0.1, -0.05) is 41.9 Å². The van der Waals surface area contributed by atoms with E-state index in [1.165, 1.54) is 32.1 Å². The van der Waals surface area contributed by atoms with Crippen molar-refractivity contribution in [3.8, 4) is 34.4 Å². The number of carboxylic acid groups (broad SMARTS) is 1. The van der Waals surface area contributed by atoms with E-state index in [0.717, 1.165) is 57.7 Å². The zero-order valence-corrected chi connectivity index (χ0v) is 28.9. The zero-order chi connectivity index (χ0) is 34.6. The van der Waals surface area contributed by atoms with Crippen LogP contribution in [-0.2, 0) is 24.6 Å². The van der Waals surface area contributed by atoms with Crippen molar-refractivity contribution < 1.29 is 24.1 Å². The van der Waals surface area contributed by atoms with Crippen molar-refractivity contribution in [3.63, 3.8) is 0 Å². The van der Waals surface area contributed by atoms with Gasteiger partial charge in [-0.25, -0.2) is 0 Å². The number of nitriles is 1. The van der Waals surface area contributed by atoms with Crippen molar-refractivity contribution in [1.29, 1.82) is 5.26 Å². The Kier molecular flexibility index (Phi) is 12.9. The molecule has 1 saturated heterocycles. The third kappa shape index (κ3) is 9.96. The molecule has 1 aliphatic heterocycles. The normalized spacial score (nSPS) is 12.9. The maximum Gasteiger partial charge on any atom is 0.304 e. The maximum absolute atomic E-state index is 11.0. The summed E-state index contributed by atoms with van der Waals surface area (Å²) in [5, 5.41) is 21.8. The summed E-state index contributed by atoms with van der Waals surface area (Å²) in [6, 6.07) is 19.8. The van der Waals surface area contributed by atoms with E-state index in [1.807, 2.05) is 24.3 Å². The van der Waals surface area contributed by atoms with Gasteiger partial charge >= 0.3 is 5.97 Å². The Labute approximate surface area is 293 Å². The van der Waals surface area contributed by atoms with Gasteiger partial charge in [0.2, 0.25) is 0 Å². The molecule has 2 N–H and O–H groups in total. The molecule has 0 bridgehead atoms. The van der Waals surface area contributed by atoms with E-state index in [0.29, 0.717) is 41.8 Å². The van der Waals surface area contributed by atoms with E-state index in [-0.39, 0.29) is 19.6 Å². The van der Waals surface area contributed by atoms with Crippen molar-refractivity contribution in [2.45, 2.75) is 59.3 Å². The van der Waals surface area contributed by atoms with Gasteiger partial charge in [0, 0.05) is 49.2 Å².